The van der Waals surface area contributed by atoms with Crippen molar-refractivity contribution in [1.82, 2.24) is 14.9 Å². The molecule has 4 heterocycles. The zero-order chi connectivity index (χ0) is 26.6. The number of amides is 1. The third-order valence-corrected chi connectivity index (χ3v) is 8.04. The van der Waals surface area contributed by atoms with Crippen LogP contribution < -0.4 is 15.0 Å². The molecule has 2 saturated heterocycles. The topological polar surface area (TPSA) is 70.6 Å². The lowest BCUT2D eigenvalue weighted by Crippen LogP contribution is -2.42. The maximum Gasteiger partial charge on any atom is 0.225 e. The normalized spacial score (nSPS) is 20.8. The highest BCUT2D eigenvalue weighted by atomic mass is 35.5. The number of hydrogen-bond acceptors (Lipinski definition) is 6. The highest BCUT2D eigenvalue weighted by molar-refractivity contribution is 6.30. The second-order valence-electron chi connectivity index (χ2n) is 10.1. The van der Waals surface area contributed by atoms with Gasteiger partial charge >= 0.3 is 0 Å². The van der Waals surface area contributed by atoms with Crippen LogP contribution in [-0.4, -0.2) is 60.1 Å². The van der Waals surface area contributed by atoms with Crippen LogP contribution in [0.3, 0.4) is 0 Å². The SMILES string of the molecule is CNc1ccc(N2CCC(C(=O)N3CC(c4ccc(Cl)cc4)C(C(C)Oc4ccc(F)cn4)C3)CC2)nc1. The molecular formula is C29H33ClFN5O2. The maximum absolute atomic E-state index is 13.7. The van der Waals surface area contributed by atoms with E-state index in [2.05, 4.69) is 20.2 Å². The molecule has 1 aromatic carbocycles. The van der Waals surface area contributed by atoms with Crippen LogP contribution in [0.2, 0.25) is 5.02 Å². The summed E-state index contributed by atoms with van der Waals surface area (Å²) >= 11 is 6.15. The molecule has 1 N–H and O–H groups in total. The van der Waals surface area contributed by atoms with Gasteiger partial charge in [-0.15, -0.1) is 0 Å². The van der Waals surface area contributed by atoms with Crippen molar-refractivity contribution < 1.29 is 13.9 Å². The van der Waals surface area contributed by atoms with Gasteiger partial charge in [0.05, 0.1) is 18.1 Å². The molecule has 3 atom stereocenters. The summed E-state index contributed by atoms with van der Waals surface area (Å²) < 4.78 is 19.4. The van der Waals surface area contributed by atoms with Crippen molar-refractivity contribution in [2.75, 3.05) is 43.4 Å². The molecule has 9 heteroatoms. The highest BCUT2D eigenvalue weighted by Crippen LogP contribution is 2.38. The van der Waals surface area contributed by atoms with Gasteiger partial charge in [0.15, 0.2) is 0 Å². The Kier molecular flexibility index (Phi) is 7.98. The number of nitrogens with one attached hydrogen (secondary N) is 1. The van der Waals surface area contributed by atoms with E-state index in [1.807, 2.05) is 61.5 Å². The zero-order valence-corrected chi connectivity index (χ0v) is 22.4. The number of pyridine rings is 2. The van der Waals surface area contributed by atoms with E-state index in [-0.39, 0.29) is 29.8 Å². The van der Waals surface area contributed by atoms with Crippen molar-refractivity contribution >= 4 is 29.0 Å². The molecule has 200 valence electrons. The second kappa shape index (κ2) is 11.6. The summed E-state index contributed by atoms with van der Waals surface area (Å²) in [6.45, 7) is 4.83. The lowest BCUT2D eigenvalue weighted by molar-refractivity contribution is -0.135. The molecule has 2 aliphatic rings. The Morgan fingerprint density at radius 3 is 2.45 bits per heavy atom. The third kappa shape index (κ3) is 5.85. The number of benzene rings is 1. The van der Waals surface area contributed by atoms with E-state index in [4.69, 9.17) is 16.3 Å². The first-order valence-corrected chi connectivity index (χ1v) is 13.5. The third-order valence-electron chi connectivity index (χ3n) is 7.79. The summed E-state index contributed by atoms with van der Waals surface area (Å²) in [7, 11) is 1.88. The highest BCUT2D eigenvalue weighted by Gasteiger charge is 2.42. The van der Waals surface area contributed by atoms with Crippen molar-refractivity contribution in [2.24, 2.45) is 11.8 Å². The van der Waals surface area contributed by atoms with Crippen molar-refractivity contribution in [3.63, 3.8) is 0 Å². The quantitative estimate of drug-likeness (QED) is 0.444. The van der Waals surface area contributed by atoms with Crippen LogP contribution in [0.5, 0.6) is 5.88 Å². The summed E-state index contributed by atoms with van der Waals surface area (Å²) in [5, 5.41) is 3.77. The molecule has 0 aliphatic carbocycles. The lowest BCUT2D eigenvalue weighted by atomic mass is 9.86. The van der Waals surface area contributed by atoms with Gasteiger partial charge in [-0.3, -0.25) is 4.79 Å². The standard InChI is InChI=1S/C29H33ClFN5O2/c1-19(38-28-10-7-23(31)15-34-28)25-17-36(18-26(25)20-3-5-22(30)6-4-20)29(37)21-11-13-35(14-12-21)27-9-8-24(32-2)16-33-27/h3-10,15-16,19,21,25-26,32H,11-14,17-18H2,1-2H3. The number of nitrogens with zero attached hydrogens (tertiary/aromatic N) is 4. The number of anilines is 2. The molecule has 5 rings (SSSR count). The summed E-state index contributed by atoms with van der Waals surface area (Å²) in [5.74, 6) is 1.27. The van der Waals surface area contributed by atoms with Gasteiger partial charge in [-0.1, -0.05) is 23.7 Å². The first-order chi connectivity index (χ1) is 18.4. The molecule has 2 aliphatic heterocycles. The van der Waals surface area contributed by atoms with Gasteiger partial charge in [0, 0.05) is 62.1 Å². The van der Waals surface area contributed by atoms with Crippen molar-refractivity contribution in [3.8, 4) is 5.88 Å². The molecular weight excluding hydrogens is 505 g/mol. The number of halogens is 2. The molecule has 3 aromatic rings. The molecule has 0 saturated carbocycles. The van der Waals surface area contributed by atoms with E-state index in [0.717, 1.165) is 49.2 Å². The largest absolute Gasteiger partial charge is 0.474 e. The number of rotatable bonds is 7. The summed E-state index contributed by atoms with van der Waals surface area (Å²) in [6.07, 6.45) is 4.36. The van der Waals surface area contributed by atoms with Crippen LogP contribution in [0.1, 0.15) is 31.2 Å². The van der Waals surface area contributed by atoms with Crippen molar-refractivity contribution in [1.29, 1.82) is 0 Å². The van der Waals surface area contributed by atoms with Crippen LogP contribution in [0, 0.1) is 17.7 Å². The number of carbonyl (C=O) groups is 1. The van der Waals surface area contributed by atoms with Gasteiger partial charge in [-0.25, -0.2) is 14.4 Å². The van der Waals surface area contributed by atoms with Gasteiger partial charge in [0.2, 0.25) is 11.8 Å². The van der Waals surface area contributed by atoms with Crippen LogP contribution in [0.25, 0.3) is 0 Å². The average molecular weight is 538 g/mol. The molecule has 3 unspecified atom stereocenters. The van der Waals surface area contributed by atoms with E-state index < -0.39 is 5.82 Å². The van der Waals surface area contributed by atoms with Gasteiger partial charge in [0.1, 0.15) is 17.7 Å². The maximum atomic E-state index is 13.7. The zero-order valence-electron chi connectivity index (χ0n) is 21.7. The number of piperidine rings is 1. The van der Waals surface area contributed by atoms with E-state index in [1.165, 1.54) is 12.1 Å². The fourth-order valence-electron chi connectivity index (χ4n) is 5.59. The van der Waals surface area contributed by atoms with Gasteiger partial charge in [-0.2, -0.15) is 0 Å². The molecule has 1 amide bonds. The van der Waals surface area contributed by atoms with E-state index >= 15 is 0 Å². The molecule has 0 bridgehead atoms. The average Bonchev–Trinajstić information content (AvgIpc) is 3.40. The van der Waals surface area contributed by atoms with Gasteiger partial charge in [0.25, 0.3) is 0 Å². The van der Waals surface area contributed by atoms with Crippen LogP contribution in [0.15, 0.2) is 60.9 Å². The molecule has 0 radical (unpaired) electrons. The molecule has 38 heavy (non-hydrogen) atoms. The molecule has 7 nitrogen and oxygen atoms in total. The van der Waals surface area contributed by atoms with E-state index in [1.54, 1.807) is 0 Å². The van der Waals surface area contributed by atoms with E-state index in [0.29, 0.717) is 24.0 Å². The number of aromatic nitrogens is 2. The van der Waals surface area contributed by atoms with Crippen LogP contribution >= 0.6 is 11.6 Å². The van der Waals surface area contributed by atoms with Gasteiger partial charge in [-0.05, 0) is 55.7 Å². The fraction of sp³-hybridized carbons (Fsp3) is 0.414. The van der Waals surface area contributed by atoms with E-state index in [9.17, 15) is 9.18 Å². The monoisotopic (exact) mass is 537 g/mol. The predicted octanol–water partition coefficient (Wildman–Crippen LogP) is 5.24. The smallest absolute Gasteiger partial charge is 0.225 e. The lowest BCUT2D eigenvalue weighted by Gasteiger charge is -2.34. The summed E-state index contributed by atoms with van der Waals surface area (Å²) in [5.41, 5.74) is 2.11. The molecule has 2 aromatic heterocycles. The van der Waals surface area contributed by atoms with Crippen LogP contribution in [0.4, 0.5) is 15.9 Å². The minimum atomic E-state index is -0.404. The Morgan fingerprint density at radius 2 is 1.82 bits per heavy atom. The first kappa shape index (κ1) is 26.2. The molecule has 0 spiro atoms. The summed E-state index contributed by atoms with van der Waals surface area (Å²) in [4.78, 5) is 26.6. The first-order valence-electron chi connectivity index (χ1n) is 13.1. The fourth-order valence-corrected chi connectivity index (χ4v) is 5.72. The second-order valence-corrected chi connectivity index (χ2v) is 10.6. The predicted molar refractivity (Wildman–Crippen MR) is 147 cm³/mol. The molecule has 2 fully saturated rings. The Labute approximate surface area is 228 Å². The van der Waals surface area contributed by atoms with Crippen molar-refractivity contribution in [2.45, 2.75) is 31.8 Å². The number of hydrogen-bond donors (Lipinski definition) is 1. The Morgan fingerprint density at radius 1 is 1.05 bits per heavy atom. The number of likely N-dealkylation sites (tertiary alicyclic amines) is 1. The minimum Gasteiger partial charge on any atom is -0.474 e. The summed E-state index contributed by atoms with van der Waals surface area (Å²) in [6, 6.07) is 14.8. The minimum absolute atomic E-state index is 0.0116. The van der Waals surface area contributed by atoms with Crippen molar-refractivity contribution in [3.05, 3.63) is 77.3 Å². The Hall–Kier alpha value is -3.39. The van der Waals surface area contributed by atoms with Gasteiger partial charge < -0.3 is 19.9 Å². The number of carbonyl (C=O) groups excluding carboxylic acids is 1. The Bertz CT molecular complexity index is 1220. The Balaban J connectivity index is 1.26. The van der Waals surface area contributed by atoms with Crippen LogP contribution in [-0.2, 0) is 4.79 Å². The number of ether oxygens (including phenoxy) is 1.